The van der Waals surface area contributed by atoms with E-state index >= 15 is 0 Å². The van der Waals surface area contributed by atoms with Crippen LogP contribution in [0.15, 0.2) is 212 Å². The molecular formula is C58H46N2. The Morgan fingerprint density at radius 3 is 1.77 bits per heavy atom. The molecule has 10 aromatic rings. The van der Waals surface area contributed by atoms with Gasteiger partial charge >= 0.3 is 0 Å². The second kappa shape index (κ2) is 15.5. The van der Waals surface area contributed by atoms with Crippen LogP contribution >= 0.6 is 0 Å². The van der Waals surface area contributed by atoms with Crippen LogP contribution in [0.2, 0.25) is 0 Å². The molecule has 0 saturated heterocycles. The lowest BCUT2D eigenvalue weighted by atomic mass is 9.80. The summed E-state index contributed by atoms with van der Waals surface area (Å²) in [6.45, 7) is 0. The third kappa shape index (κ3) is 6.37. The molecule has 1 aliphatic rings. The number of para-hydroxylation sites is 4. The van der Waals surface area contributed by atoms with Gasteiger partial charge in [-0.2, -0.15) is 0 Å². The summed E-state index contributed by atoms with van der Waals surface area (Å²) in [7, 11) is 0. The van der Waals surface area contributed by atoms with Crippen molar-refractivity contribution in [1.82, 2.24) is 4.57 Å². The Balaban J connectivity index is 1.15. The molecule has 11 rings (SSSR count). The topological polar surface area (TPSA) is 8.17 Å². The van der Waals surface area contributed by atoms with E-state index in [0.717, 1.165) is 22.7 Å². The molecule has 1 fully saturated rings. The Kier molecular flexibility index (Phi) is 9.32. The summed E-state index contributed by atoms with van der Waals surface area (Å²) in [4.78, 5) is 2.52. The molecule has 288 valence electrons. The van der Waals surface area contributed by atoms with Crippen LogP contribution in [0.25, 0.3) is 71.6 Å². The summed E-state index contributed by atoms with van der Waals surface area (Å²) < 4.78 is 2.40. The number of rotatable bonds is 8. The number of hydrogen-bond acceptors (Lipinski definition) is 1. The van der Waals surface area contributed by atoms with Crippen molar-refractivity contribution in [2.45, 2.75) is 38.0 Å². The van der Waals surface area contributed by atoms with Crippen molar-refractivity contribution in [2.24, 2.45) is 0 Å². The van der Waals surface area contributed by atoms with Gasteiger partial charge in [0.15, 0.2) is 0 Å². The van der Waals surface area contributed by atoms with Gasteiger partial charge in [0.2, 0.25) is 0 Å². The lowest BCUT2D eigenvalue weighted by Crippen LogP contribution is -2.12. The average Bonchev–Trinajstić information content (AvgIpc) is 3.66. The highest BCUT2D eigenvalue weighted by Gasteiger charge is 2.25. The van der Waals surface area contributed by atoms with E-state index in [9.17, 15) is 0 Å². The summed E-state index contributed by atoms with van der Waals surface area (Å²) >= 11 is 0. The lowest BCUT2D eigenvalue weighted by Gasteiger charge is -2.31. The first-order valence-electron chi connectivity index (χ1n) is 21.5. The molecule has 1 heterocycles. The van der Waals surface area contributed by atoms with Gasteiger partial charge in [-0.1, -0.05) is 183 Å². The summed E-state index contributed by atoms with van der Waals surface area (Å²) in [6, 6.07) is 78.3. The van der Waals surface area contributed by atoms with Crippen LogP contribution < -0.4 is 4.90 Å². The number of aromatic nitrogens is 1. The van der Waals surface area contributed by atoms with E-state index in [0.29, 0.717) is 5.92 Å². The molecule has 0 amide bonds. The van der Waals surface area contributed by atoms with Crippen molar-refractivity contribution in [2.75, 3.05) is 4.90 Å². The fourth-order valence-corrected chi connectivity index (χ4v) is 9.99. The second-order valence-corrected chi connectivity index (χ2v) is 16.3. The minimum absolute atomic E-state index is 0.579. The number of fused-ring (bicyclic) bond motifs is 4. The van der Waals surface area contributed by atoms with Gasteiger partial charge in [-0.05, 0) is 106 Å². The first-order chi connectivity index (χ1) is 29.8. The Bertz CT molecular complexity index is 3110. The Labute approximate surface area is 352 Å². The van der Waals surface area contributed by atoms with Gasteiger partial charge in [-0.25, -0.2) is 0 Å². The lowest BCUT2D eigenvalue weighted by molar-refractivity contribution is 0.445. The van der Waals surface area contributed by atoms with Crippen molar-refractivity contribution < 1.29 is 0 Å². The fraction of sp³-hybridized carbons (Fsp3) is 0.103. The molecule has 1 aliphatic carbocycles. The minimum Gasteiger partial charge on any atom is -0.309 e. The molecular weight excluding hydrogens is 725 g/mol. The molecule has 0 bridgehead atoms. The molecule has 1 aromatic heterocycles. The first-order valence-corrected chi connectivity index (χ1v) is 21.5. The molecule has 9 aromatic carbocycles. The highest BCUT2D eigenvalue weighted by Crippen LogP contribution is 2.48. The highest BCUT2D eigenvalue weighted by atomic mass is 15.1. The molecule has 2 nitrogen and oxygen atoms in total. The van der Waals surface area contributed by atoms with Gasteiger partial charge in [-0.3, -0.25) is 0 Å². The SMILES string of the molecule is c1ccc(-c2ccc(-c3ccccc3N(c3ccc4c(c3)c3ccccc3n4-c3ccccc3)c3ccccc3-c3cccc4cccc(C5CCCCC5)c34)cc2)cc1. The largest absolute Gasteiger partial charge is 0.309 e. The Hall–Kier alpha value is -7.16. The summed E-state index contributed by atoms with van der Waals surface area (Å²) in [5.74, 6) is 0.579. The number of hydrogen-bond donors (Lipinski definition) is 0. The van der Waals surface area contributed by atoms with E-state index < -0.39 is 0 Å². The Morgan fingerprint density at radius 1 is 0.400 bits per heavy atom. The number of nitrogens with zero attached hydrogens (tertiary/aromatic N) is 2. The summed E-state index contributed by atoms with van der Waals surface area (Å²) in [5, 5.41) is 5.17. The monoisotopic (exact) mass is 770 g/mol. The predicted molar refractivity (Wildman–Crippen MR) is 255 cm³/mol. The summed E-state index contributed by atoms with van der Waals surface area (Å²) in [5.41, 5.74) is 15.8. The molecule has 60 heavy (non-hydrogen) atoms. The zero-order valence-corrected chi connectivity index (χ0v) is 33.7. The van der Waals surface area contributed by atoms with Gasteiger partial charge in [-0.15, -0.1) is 0 Å². The van der Waals surface area contributed by atoms with Crippen molar-refractivity contribution in [3.05, 3.63) is 218 Å². The maximum absolute atomic E-state index is 2.52. The van der Waals surface area contributed by atoms with E-state index in [1.54, 1.807) is 0 Å². The van der Waals surface area contributed by atoms with Crippen molar-refractivity contribution in [3.63, 3.8) is 0 Å². The molecule has 0 radical (unpaired) electrons. The maximum atomic E-state index is 2.52. The highest BCUT2D eigenvalue weighted by molar-refractivity contribution is 6.11. The molecule has 0 atom stereocenters. The molecule has 2 heteroatoms. The van der Waals surface area contributed by atoms with Gasteiger partial charge in [0.25, 0.3) is 0 Å². The van der Waals surface area contributed by atoms with Crippen LogP contribution in [-0.4, -0.2) is 4.57 Å². The van der Waals surface area contributed by atoms with E-state index in [1.165, 1.54) is 104 Å². The van der Waals surface area contributed by atoms with E-state index in [-0.39, 0.29) is 0 Å². The summed E-state index contributed by atoms with van der Waals surface area (Å²) in [6.07, 6.45) is 6.47. The zero-order valence-electron chi connectivity index (χ0n) is 33.7. The molecule has 0 unspecified atom stereocenters. The molecule has 0 spiro atoms. The standard InChI is InChI=1S/C58H46N2/c1-4-18-41(19-5-1)42-34-36-44(37-35-42)48-26-10-13-31-54(48)60(47-38-39-57-53(40-47)51-28-12-15-33-56(51)59(57)46-24-8-3-9-25-46)55-32-14-11-27-50(55)52-30-17-23-45-22-16-29-49(58(45)52)43-20-6-2-7-21-43/h1,3-5,8-19,22-40,43H,2,6-7,20-21H2. The second-order valence-electron chi connectivity index (χ2n) is 16.3. The van der Waals surface area contributed by atoms with E-state index in [4.69, 9.17) is 0 Å². The van der Waals surface area contributed by atoms with Crippen molar-refractivity contribution in [1.29, 1.82) is 0 Å². The number of benzene rings is 9. The first kappa shape index (κ1) is 36.0. The van der Waals surface area contributed by atoms with Gasteiger partial charge in [0.1, 0.15) is 0 Å². The van der Waals surface area contributed by atoms with Crippen LogP contribution in [-0.2, 0) is 0 Å². The van der Waals surface area contributed by atoms with Crippen LogP contribution in [0.4, 0.5) is 17.1 Å². The third-order valence-electron chi connectivity index (χ3n) is 12.8. The van der Waals surface area contributed by atoms with Crippen molar-refractivity contribution >= 4 is 49.6 Å². The van der Waals surface area contributed by atoms with Crippen LogP contribution in [0.1, 0.15) is 43.6 Å². The fourth-order valence-electron chi connectivity index (χ4n) is 9.99. The van der Waals surface area contributed by atoms with Gasteiger partial charge in [0, 0.05) is 33.3 Å². The van der Waals surface area contributed by atoms with Crippen molar-refractivity contribution in [3.8, 4) is 39.1 Å². The van der Waals surface area contributed by atoms with Crippen LogP contribution in [0, 0.1) is 0 Å². The molecule has 0 N–H and O–H groups in total. The van der Waals surface area contributed by atoms with Crippen LogP contribution in [0.5, 0.6) is 0 Å². The third-order valence-corrected chi connectivity index (χ3v) is 12.8. The van der Waals surface area contributed by atoms with E-state index in [1.807, 2.05) is 0 Å². The van der Waals surface area contributed by atoms with E-state index in [2.05, 4.69) is 222 Å². The van der Waals surface area contributed by atoms with Gasteiger partial charge < -0.3 is 9.47 Å². The average molecular weight is 771 g/mol. The Morgan fingerprint density at radius 2 is 0.983 bits per heavy atom. The zero-order chi connectivity index (χ0) is 39.8. The normalized spacial score (nSPS) is 13.3. The van der Waals surface area contributed by atoms with Crippen LogP contribution in [0.3, 0.4) is 0 Å². The smallest absolute Gasteiger partial charge is 0.0542 e. The minimum atomic E-state index is 0.579. The molecule has 0 aliphatic heterocycles. The maximum Gasteiger partial charge on any atom is 0.0542 e. The quantitative estimate of drug-likeness (QED) is 0.149. The molecule has 1 saturated carbocycles. The predicted octanol–water partition coefficient (Wildman–Crippen LogP) is 16.5. The number of anilines is 3. The van der Waals surface area contributed by atoms with Gasteiger partial charge in [0.05, 0.1) is 22.4 Å².